The summed E-state index contributed by atoms with van der Waals surface area (Å²) in [6.45, 7) is 9.51. The smallest absolute Gasteiger partial charge is 0.0657 e. The van der Waals surface area contributed by atoms with E-state index in [4.69, 9.17) is 23.2 Å². The zero-order valence-electron chi connectivity index (χ0n) is 10.5. The van der Waals surface area contributed by atoms with Crippen molar-refractivity contribution in [3.05, 3.63) is 33.8 Å². The minimum atomic E-state index is -0.753. The van der Waals surface area contributed by atoms with Gasteiger partial charge in [-0.15, -0.1) is 0 Å². The molecule has 0 saturated carbocycles. The lowest BCUT2D eigenvalue weighted by Gasteiger charge is -2.26. The van der Waals surface area contributed by atoms with Crippen LogP contribution in [-0.2, 0) is 0 Å². The Morgan fingerprint density at radius 1 is 1.12 bits per heavy atom. The van der Waals surface area contributed by atoms with Gasteiger partial charge >= 0.3 is 0 Å². The highest BCUT2D eigenvalue weighted by molar-refractivity contribution is 6.42. The van der Waals surface area contributed by atoms with Crippen molar-refractivity contribution in [2.75, 3.05) is 0 Å². The Kier molecular flexibility index (Phi) is 6.39. The highest BCUT2D eigenvalue weighted by Crippen LogP contribution is 2.31. The SMILES string of the molecule is CC.CC(c1ccc(Cl)c(Cl)c1)C(C)(C)O. The summed E-state index contributed by atoms with van der Waals surface area (Å²) in [6.07, 6.45) is 0. The summed E-state index contributed by atoms with van der Waals surface area (Å²) in [4.78, 5) is 0. The molecular formula is C13H20Cl2O. The van der Waals surface area contributed by atoms with Gasteiger partial charge in [0, 0.05) is 5.92 Å². The zero-order chi connectivity index (χ0) is 12.9. The predicted octanol–water partition coefficient (Wildman–Crippen LogP) is 4.89. The highest BCUT2D eigenvalue weighted by Gasteiger charge is 2.24. The molecule has 0 aliphatic rings. The van der Waals surface area contributed by atoms with Crippen molar-refractivity contribution in [1.82, 2.24) is 0 Å². The molecule has 0 aliphatic heterocycles. The lowest BCUT2D eigenvalue weighted by molar-refractivity contribution is 0.0559. The van der Waals surface area contributed by atoms with E-state index in [0.29, 0.717) is 10.0 Å². The number of aliphatic hydroxyl groups is 1. The number of halogens is 2. The fourth-order valence-electron chi connectivity index (χ4n) is 1.19. The van der Waals surface area contributed by atoms with Crippen LogP contribution < -0.4 is 0 Å². The molecule has 0 radical (unpaired) electrons. The summed E-state index contributed by atoms with van der Waals surface area (Å²) < 4.78 is 0. The minimum absolute atomic E-state index is 0.0252. The van der Waals surface area contributed by atoms with Gasteiger partial charge in [0.25, 0.3) is 0 Å². The molecule has 0 aliphatic carbocycles. The van der Waals surface area contributed by atoms with E-state index in [1.807, 2.05) is 26.8 Å². The van der Waals surface area contributed by atoms with Gasteiger partial charge in [-0.05, 0) is 31.5 Å². The van der Waals surface area contributed by atoms with Gasteiger partial charge in [0.15, 0.2) is 0 Å². The molecule has 1 N–H and O–H groups in total. The van der Waals surface area contributed by atoms with E-state index in [9.17, 15) is 5.11 Å². The standard InChI is InChI=1S/C11H14Cl2O.C2H6/c1-7(11(2,3)14)8-4-5-9(12)10(13)6-8;1-2/h4-7,14H,1-3H3;1-2H3. The average Bonchev–Trinajstić information content (AvgIpc) is 2.23. The Labute approximate surface area is 108 Å². The molecule has 0 heterocycles. The van der Waals surface area contributed by atoms with Gasteiger partial charge in [-0.3, -0.25) is 0 Å². The second-order valence-corrected chi connectivity index (χ2v) is 4.86. The van der Waals surface area contributed by atoms with Crippen molar-refractivity contribution < 1.29 is 5.11 Å². The Morgan fingerprint density at radius 3 is 2.00 bits per heavy atom. The highest BCUT2D eigenvalue weighted by atomic mass is 35.5. The first-order valence-electron chi connectivity index (χ1n) is 5.49. The fraction of sp³-hybridized carbons (Fsp3) is 0.538. The Morgan fingerprint density at radius 2 is 1.62 bits per heavy atom. The first-order chi connectivity index (χ1) is 7.32. The molecule has 16 heavy (non-hydrogen) atoms. The van der Waals surface area contributed by atoms with E-state index in [-0.39, 0.29) is 5.92 Å². The molecule has 0 spiro atoms. The molecule has 0 amide bonds. The van der Waals surface area contributed by atoms with Gasteiger partial charge in [-0.1, -0.05) is 50.0 Å². The van der Waals surface area contributed by atoms with E-state index in [0.717, 1.165) is 5.56 Å². The van der Waals surface area contributed by atoms with Crippen LogP contribution in [0.15, 0.2) is 18.2 Å². The van der Waals surface area contributed by atoms with Crippen LogP contribution in [0.25, 0.3) is 0 Å². The third kappa shape index (κ3) is 4.32. The van der Waals surface area contributed by atoms with E-state index >= 15 is 0 Å². The Hall–Kier alpha value is -0.240. The molecule has 0 bridgehead atoms. The van der Waals surface area contributed by atoms with Crippen LogP contribution in [0.2, 0.25) is 10.0 Å². The number of rotatable bonds is 2. The zero-order valence-corrected chi connectivity index (χ0v) is 12.0. The molecule has 1 atom stereocenters. The fourth-order valence-corrected chi connectivity index (χ4v) is 1.50. The second kappa shape index (κ2) is 6.48. The first kappa shape index (κ1) is 15.8. The van der Waals surface area contributed by atoms with Crippen molar-refractivity contribution in [3.63, 3.8) is 0 Å². The van der Waals surface area contributed by atoms with Crippen molar-refractivity contribution in [2.24, 2.45) is 0 Å². The molecule has 0 aromatic heterocycles. The molecule has 0 fully saturated rings. The van der Waals surface area contributed by atoms with Crippen molar-refractivity contribution in [3.8, 4) is 0 Å². The number of hydrogen-bond acceptors (Lipinski definition) is 1. The lowest BCUT2D eigenvalue weighted by Crippen LogP contribution is -2.26. The largest absolute Gasteiger partial charge is 0.390 e. The van der Waals surface area contributed by atoms with Crippen LogP contribution in [0.1, 0.15) is 46.1 Å². The third-order valence-electron chi connectivity index (χ3n) is 2.50. The lowest BCUT2D eigenvalue weighted by atomic mass is 9.86. The third-order valence-corrected chi connectivity index (χ3v) is 3.24. The van der Waals surface area contributed by atoms with Crippen LogP contribution in [0.3, 0.4) is 0 Å². The van der Waals surface area contributed by atoms with Crippen LogP contribution in [-0.4, -0.2) is 10.7 Å². The second-order valence-electron chi connectivity index (χ2n) is 4.05. The molecule has 0 saturated heterocycles. The molecule has 92 valence electrons. The minimum Gasteiger partial charge on any atom is -0.390 e. The topological polar surface area (TPSA) is 20.2 Å². The molecule has 1 nitrogen and oxygen atoms in total. The van der Waals surface area contributed by atoms with E-state index in [1.54, 1.807) is 26.0 Å². The maximum Gasteiger partial charge on any atom is 0.0657 e. The first-order valence-corrected chi connectivity index (χ1v) is 6.25. The van der Waals surface area contributed by atoms with Gasteiger partial charge in [0.1, 0.15) is 0 Å². The Balaban J connectivity index is 0.00000106. The van der Waals surface area contributed by atoms with E-state index in [1.165, 1.54) is 0 Å². The van der Waals surface area contributed by atoms with Crippen LogP contribution in [0, 0.1) is 0 Å². The maximum absolute atomic E-state index is 9.82. The molecular weight excluding hydrogens is 243 g/mol. The summed E-state index contributed by atoms with van der Waals surface area (Å²) in [7, 11) is 0. The van der Waals surface area contributed by atoms with Gasteiger partial charge < -0.3 is 5.11 Å². The van der Waals surface area contributed by atoms with E-state index < -0.39 is 5.60 Å². The molecule has 1 rings (SSSR count). The summed E-state index contributed by atoms with van der Waals surface area (Å²) in [5, 5.41) is 10.9. The summed E-state index contributed by atoms with van der Waals surface area (Å²) in [5.74, 6) is 0.0252. The summed E-state index contributed by atoms with van der Waals surface area (Å²) in [6, 6.07) is 5.44. The monoisotopic (exact) mass is 262 g/mol. The van der Waals surface area contributed by atoms with Gasteiger partial charge in [-0.2, -0.15) is 0 Å². The molecule has 1 aromatic rings. The Bertz CT molecular complexity index is 329. The quantitative estimate of drug-likeness (QED) is 0.805. The summed E-state index contributed by atoms with van der Waals surface area (Å²) >= 11 is 11.7. The normalized spacial score (nSPS) is 12.8. The van der Waals surface area contributed by atoms with Crippen LogP contribution in [0.4, 0.5) is 0 Å². The maximum atomic E-state index is 9.82. The van der Waals surface area contributed by atoms with Gasteiger partial charge in [0.2, 0.25) is 0 Å². The van der Waals surface area contributed by atoms with Gasteiger partial charge in [0.05, 0.1) is 15.6 Å². The number of benzene rings is 1. The van der Waals surface area contributed by atoms with Crippen LogP contribution in [0.5, 0.6) is 0 Å². The van der Waals surface area contributed by atoms with Crippen LogP contribution >= 0.6 is 23.2 Å². The van der Waals surface area contributed by atoms with Crippen molar-refractivity contribution in [2.45, 2.75) is 46.1 Å². The molecule has 1 aromatic carbocycles. The van der Waals surface area contributed by atoms with Crippen molar-refractivity contribution in [1.29, 1.82) is 0 Å². The van der Waals surface area contributed by atoms with Gasteiger partial charge in [-0.25, -0.2) is 0 Å². The molecule has 1 unspecified atom stereocenters. The predicted molar refractivity (Wildman–Crippen MR) is 72.5 cm³/mol. The molecule has 3 heteroatoms. The summed E-state index contributed by atoms with van der Waals surface area (Å²) in [5.41, 5.74) is 0.240. The van der Waals surface area contributed by atoms with E-state index in [2.05, 4.69) is 0 Å². The number of hydrogen-bond donors (Lipinski definition) is 1. The average molecular weight is 263 g/mol. The van der Waals surface area contributed by atoms with Crippen molar-refractivity contribution >= 4 is 23.2 Å².